The Kier molecular flexibility index (Phi) is 4.65. The van der Waals surface area contributed by atoms with Crippen molar-refractivity contribution in [1.29, 1.82) is 0 Å². The Balaban J connectivity index is 1.56. The van der Waals surface area contributed by atoms with Gasteiger partial charge in [0.1, 0.15) is 5.82 Å². The number of morpholine rings is 1. The Labute approximate surface area is 119 Å². The molecule has 0 N–H and O–H groups in total. The van der Waals surface area contributed by atoms with Crippen LogP contribution in [-0.4, -0.2) is 50.0 Å². The van der Waals surface area contributed by atoms with Gasteiger partial charge in [0.25, 0.3) is 0 Å². The van der Waals surface area contributed by atoms with Crippen LogP contribution in [0.1, 0.15) is 18.4 Å². The molecule has 0 unspecified atom stereocenters. The normalized spacial score (nSPS) is 25.8. The number of halogens is 1. The zero-order valence-corrected chi connectivity index (χ0v) is 11.8. The first-order valence-corrected chi connectivity index (χ1v) is 7.49. The minimum atomic E-state index is -0.179. The second-order valence-corrected chi connectivity index (χ2v) is 5.66. The van der Waals surface area contributed by atoms with Crippen LogP contribution in [0.15, 0.2) is 24.3 Å². The lowest BCUT2D eigenvalue weighted by molar-refractivity contribution is -0.0610. The molecule has 2 heterocycles. The van der Waals surface area contributed by atoms with Gasteiger partial charge in [-0.25, -0.2) is 4.39 Å². The summed E-state index contributed by atoms with van der Waals surface area (Å²) in [6, 6.07) is 7.39. The molecule has 2 fully saturated rings. The Morgan fingerprint density at radius 3 is 2.60 bits per heavy atom. The van der Waals surface area contributed by atoms with Crippen LogP contribution >= 0.6 is 0 Å². The number of rotatable bonds is 3. The molecule has 110 valence electrons. The fourth-order valence-electron chi connectivity index (χ4n) is 3.13. The molecule has 1 atom stereocenters. The van der Waals surface area contributed by atoms with Crippen LogP contribution in [0.5, 0.6) is 0 Å². The molecule has 0 saturated carbocycles. The second kappa shape index (κ2) is 6.66. The summed E-state index contributed by atoms with van der Waals surface area (Å²) >= 11 is 0. The van der Waals surface area contributed by atoms with E-state index < -0.39 is 0 Å². The average molecular weight is 279 g/mol. The van der Waals surface area contributed by atoms with E-state index in [1.165, 1.54) is 12.1 Å². The first-order chi connectivity index (χ1) is 9.81. The van der Waals surface area contributed by atoms with Crippen molar-refractivity contribution in [2.75, 3.05) is 32.9 Å². The molecule has 1 aromatic carbocycles. The summed E-state index contributed by atoms with van der Waals surface area (Å²) < 4.78 is 24.2. The summed E-state index contributed by atoms with van der Waals surface area (Å²) in [5.41, 5.74) is 1.14. The van der Waals surface area contributed by atoms with Crippen LogP contribution in [0.2, 0.25) is 0 Å². The lowest BCUT2D eigenvalue weighted by atomic mass is 10.0. The fraction of sp³-hybridized carbons (Fsp3) is 0.625. The molecule has 0 aromatic heterocycles. The third-order valence-corrected chi connectivity index (χ3v) is 4.25. The van der Waals surface area contributed by atoms with Crippen molar-refractivity contribution in [1.82, 2.24) is 4.90 Å². The number of ether oxygens (including phenoxy) is 2. The molecule has 20 heavy (non-hydrogen) atoms. The van der Waals surface area contributed by atoms with Crippen LogP contribution in [0, 0.1) is 5.82 Å². The van der Waals surface area contributed by atoms with Gasteiger partial charge in [0.05, 0.1) is 12.7 Å². The van der Waals surface area contributed by atoms with Gasteiger partial charge < -0.3 is 9.47 Å². The molecule has 0 aliphatic carbocycles. The maximum Gasteiger partial charge on any atom is 0.123 e. The highest BCUT2D eigenvalue weighted by Gasteiger charge is 2.27. The minimum Gasteiger partial charge on any atom is -0.381 e. The van der Waals surface area contributed by atoms with Gasteiger partial charge in [0, 0.05) is 32.3 Å². The summed E-state index contributed by atoms with van der Waals surface area (Å²) in [4.78, 5) is 2.54. The van der Waals surface area contributed by atoms with E-state index >= 15 is 0 Å². The number of hydrogen-bond acceptors (Lipinski definition) is 3. The van der Waals surface area contributed by atoms with Gasteiger partial charge >= 0.3 is 0 Å². The minimum absolute atomic E-state index is 0.179. The Bertz CT molecular complexity index is 417. The van der Waals surface area contributed by atoms with E-state index in [1.807, 2.05) is 12.1 Å². The van der Waals surface area contributed by atoms with E-state index in [0.717, 1.165) is 57.7 Å². The van der Waals surface area contributed by atoms with Gasteiger partial charge in [-0.2, -0.15) is 0 Å². The average Bonchev–Trinajstić information content (AvgIpc) is 2.51. The molecule has 2 aliphatic heterocycles. The Morgan fingerprint density at radius 2 is 1.85 bits per heavy atom. The van der Waals surface area contributed by atoms with Crippen LogP contribution < -0.4 is 0 Å². The van der Waals surface area contributed by atoms with Crippen molar-refractivity contribution in [3.05, 3.63) is 35.6 Å². The van der Waals surface area contributed by atoms with Crippen molar-refractivity contribution in [3.63, 3.8) is 0 Å². The summed E-state index contributed by atoms with van der Waals surface area (Å²) in [6.45, 7) is 4.55. The Morgan fingerprint density at radius 1 is 1.10 bits per heavy atom. The first kappa shape index (κ1) is 14.0. The SMILES string of the molecule is Fc1ccc(C[C@@H]2CN(C3CCOCC3)CCO2)cc1. The van der Waals surface area contributed by atoms with Crippen LogP contribution in [0.3, 0.4) is 0 Å². The molecular formula is C16H22FNO2. The van der Waals surface area contributed by atoms with Gasteiger partial charge in [-0.15, -0.1) is 0 Å². The van der Waals surface area contributed by atoms with E-state index in [4.69, 9.17) is 9.47 Å². The number of hydrogen-bond donors (Lipinski definition) is 0. The molecule has 3 nitrogen and oxygen atoms in total. The zero-order valence-electron chi connectivity index (χ0n) is 11.8. The predicted octanol–water partition coefficient (Wildman–Crippen LogP) is 2.25. The third kappa shape index (κ3) is 3.57. The molecule has 0 spiro atoms. The van der Waals surface area contributed by atoms with E-state index in [0.29, 0.717) is 6.04 Å². The molecule has 1 aromatic rings. The van der Waals surface area contributed by atoms with E-state index in [9.17, 15) is 4.39 Å². The molecule has 2 aliphatic rings. The fourth-order valence-corrected chi connectivity index (χ4v) is 3.13. The van der Waals surface area contributed by atoms with Crippen LogP contribution in [0.4, 0.5) is 4.39 Å². The second-order valence-electron chi connectivity index (χ2n) is 5.66. The summed E-state index contributed by atoms with van der Waals surface area (Å²) in [5.74, 6) is -0.179. The van der Waals surface area contributed by atoms with Crippen LogP contribution in [-0.2, 0) is 15.9 Å². The predicted molar refractivity (Wildman–Crippen MR) is 75.3 cm³/mol. The van der Waals surface area contributed by atoms with Crippen molar-refractivity contribution < 1.29 is 13.9 Å². The van der Waals surface area contributed by atoms with Crippen molar-refractivity contribution >= 4 is 0 Å². The van der Waals surface area contributed by atoms with Gasteiger partial charge in [-0.3, -0.25) is 4.90 Å². The number of benzene rings is 1. The third-order valence-electron chi connectivity index (χ3n) is 4.25. The quantitative estimate of drug-likeness (QED) is 0.847. The topological polar surface area (TPSA) is 21.7 Å². The standard InChI is InChI=1S/C16H22FNO2/c17-14-3-1-13(2-4-14)11-16-12-18(7-10-20-16)15-5-8-19-9-6-15/h1-4,15-16H,5-12H2/t16-/m1/s1. The molecule has 4 heteroatoms. The molecule has 2 saturated heterocycles. The smallest absolute Gasteiger partial charge is 0.123 e. The van der Waals surface area contributed by atoms with Crippen molar-refractivity contribution in [3.8, 4) is 0 Å². The van der Waals surface area contributed by atoms with Gasteiger partial charge in [0.15, 0.2) is 0 Å². The summed E-state index contributed by atoms with van der Waals surface area (Å²) in [7, 11) is 0. The molecule has 0 bridgehead atoms. The maximum atomic E-state index is 12.9. The highest BCUT2D eigenvalue weighted by molar-refractivity contribution is 5.17. The van der Waals surface area contributed by atoms with E-state index in [1.54, 1.807) is 0 Å². The Hall–Kier alpha value is -0.970. The molecule has 3 rings (SSSR count). The highest BCUT2D eigenvalue weighted by Crippen LogP contribution is 2.19. The molecular weight excluding hydrogens is 257 g/mol. The highest BCUT2D eigenvalue weighted by atomic mass is 19.1. The lowest BCUT2D eigenvalue weighted by Gasteiger charge is -2.39. The van der Waals surface area contributed by atoms with E-state index in [-0.39, 0.29) is 11.9 Å². The van der Waals surface area contributed by atoms with Gasteiger partial charge in [-0.1, -0.05) is 12.1 Å². The van der Waals surface area contributed by atoms with E-state index in [2.05, 4.69) is 4.90 Å². The van der Waals surface area contributed by atoms with Crippen molar-refractivity contribution in [2.45, 2.75) is 31.4 Å². The largest absolute Gasteiger partial charge is 0.381 e. The van der Waals surface area contributed by atoms with Gasteiger partial charge in [-0.05, 0) is 37.0 Å². The first-order valence-electron chi connectivity index (χ1n) is 7.49. The van der Waals surface area contributed by atoms with Crippen LogP contribution in [0.25, 0.3) is 0 Å². The van der Waals surface area contributed by atoms with Gasteiger partial charge in [0.2, 0.25) is 0 Å². The molecule has 0 amide bonds. The molecule has 0 radical (unpaired) electrons. The summed E-state index contributed by atoms with van der Waals surface area (Å²) in [5, 5.41) is 0. The zero-order chi connectivity index (χ0) is 13.8. The summed E-state index contributed by atoms with van der Waals surface area (Å²) in [6.07, 6.45) is 3.34. The lowest BCUT2D eigenvalue weighted by Crippen LogP contribution is -2.49. The van der Waals surface area contributed by atoms with Crippen molar-refractivity contribution in [2.24, 2.45) is 0 Å². The maximum absolute atomic E-state index is 12.9. The number of nitrogens with zero attached hydrogens (tertiary/aromatic N) is 1. The monoisotopic (exact) mass is 279 g/mol.